The molecular formula is C15H22O2. The Kier molecular flexibility index (Phi) is 3.55. The van der Waals surface area contributed by atoms with Crippen molar-refractivity contribution in [2.24, 2.45) is 5.41 Å². The predicted octanol–water partition coefficient (Wildman–Crippen LogP) is 3.71. The quantitative estimate of drug-likeness (QED) is 0.793. The van der Waals surface area contributed by atoms with Crippen LogP contribution in [-0.4, -0.2) is 13.2 Å². The summed E-state index contributed by atoms with van der Waals surface area (Å²) in [7, 11) is 0. The Labute approximate surface area is 104 Å². The van der Waals surface area contributed by atoms with E-state index in [1.807, 2.05) is 18.2 Å². The molecular weight excluding hydrogens is 212 g/mol. The van der Waals surface area contributed by atoms with Crippen LogP contribution in [0.5, 0.6) is 0 Å². The molecule has 1 heterocycles. The standard InChI is InChI=1S/C15H22O2/c1-4-14(3)11-16-15(5-2,17-12-14)13-9-7-6-8-10-13/h6-10H,4-5,11-12H2,1-3H3. The normalized spacial score (nSPS) is 33.6. The molecule has 1 aromatic rings. The summed E-state index contributed by atoms with van der Waals surface area (Å²) in [5.74, 6) is -0.532. The van der Waals surface area contributed by atoms with Gasteiger partial charge >= 0.3 is 0 Å². The molecule has 0 spiro atoms. The van der Waals surface area contributed by atoms with Gasteiger partial charge < -0.3 is 9.47 Å². The largest absolute Gasteiger partial charge is 0.345 e. The van der Waals surface area contributed by atoms with Crippen LogP contribution in [-0.2, 0) is 15.3 Å². The van der Waals surface area contributed by atoms with E-state index in [0.29, 0.717) is 0 Å². The van der Waals surface area contributed by atoms with Crippen LogP contribution in [0, 0.1) is 5.41 Å². The maximum absolute atomic E-state index is 6.09. The van der Waals surface area contributed by atoms with Crippen molar-refractivity contribution < 1.29 is 9.47 Å². The summed E-state index contributed by atoms with van der Waals surface area (Å²) in [5, 5.41) is 0. The van der Waals surface area contributed by atoms with Crippen LogP contribution >= 0.6 is 0 Å². The van der Waals surface area contributed by atoms with E-state index in [1.165, 1.54) is 0 Å². The Morgan fingerprint density at radius 3 is 2.06 bits per heavy atom. The summed E-state index contributed by atoms with van der Waals surface area (Å²) in [6.45, 7) is 8.06. The van der Waals surface area contributed by atoms with Crippen LogP contribution in [0.25, 0.3) is 0 Å². The Hall–Kier alpha value is -0.860. The molecule has 0 saturated carbocycles. The molecule has 1 aliphatic rings. The minimum absolute atomic E-state index is 0.160. The van der Waals surface area contributed by atoms with Gasteiger partial charge in [-0.25, -0.2) is 0 Å². The zero-order valence-corrected chi connectivity index (χ0v) is 11.0. The van der Waals surface area contributed by atoms with Crippen molar-refractivity contribution in [2.75, 3.05) is 13.2 Å². The van der Waals surface area contributed by atoms with Gasteiger partial charge in [-0.15, -0.1) is 0 Å². The highest BCUT2D eigenvalue weighted by Gasteiger charge is 2.41. The Balaban J connectivity index is 2.19. The first-order valence-corrected chi connectivity index (χ1v) is 6.47. The molecule has 1 fully saturated rings. The molecule has 0 atom stereocenters. The van der Waals surface area contributed by atoms with E-state index in [4.69, 9.17) is 9.47 Å². The molecule has 0 radical (unpaired) electrons. The molecule has 1 aliphatic heterocycles. The van der Waals surface area contributed by atoms with E-state index in [1.54, 1.807) is 0 Å². The lowest BCUT2D eigenvalue weighted by molar-refractivity contribution is -0.312. The van der Waals surface area contributed by atoms with Crippen molar-refractivity contribution in [3.8, 4) is 0 Å². The number of benzene rings is 1. The lowest BCUT2D eigenvalue weighted by atomic mass is 9.87. The first-order chi connectivity index (χ1) is 8.14. The van der Waals surface area contributed by atoms with Crippen LogP contribution in [0.2, 0.25) is 0 Å². The van der Waals surface area contributed by atoms with E-state index < -0.39 is 5.79 Å². The van der Waals surface area contributed by atoms with E-state index in [2.05, 4.69) is 32.9 Å². The fraction of sp³-hybridized carbons (Fsp3) is 0.600. The van der Waals surface area contributed by atoms with Crippen molar-refractivity contribution in [3.05, 3.63) is 35.9 Å². The lowest BCUT2D eigenvalue weighted by Gasteiger charge is -2.44. The van der Waals surface area contributed by atoms with Crippen molar-refractivity contribution in [3.63, 3.8) is 0 Å². The van der Waals surface area contributed by atoms with Crippen LogP contribution in [0.4, 0.5) is 0 Å². The highest BCUT2D eigenvalue weighted by Crippen LogP contribution is 2.40. The summed E-state index contributed by atoms with van der Waals surface area (Å²) in [6.07, 6.45) is 1.93. The molecule has 2 nitrogen and oxygen atoms in total. The second kappa shape index (κ2) is 4.79. The van der Waals surface area contributed by atoms with Crippen molar-refractivity contribution >= 4 is 0 Å². The first-order valence-electron chi connectivity index (χ1n) is 6.47. The fourth-order valence-electron chi connectivity index (χ4n) is 2.14. The molecule has 0 bridgehead atoms. The highest BCUT2D eigenvalue weighted by molar-refractivity contribution is 5.20. The minimum atomic E-state index is -0.532. The zero-order chi connectivity index (χ0) is 12.4. The molecule has 0 aliphatic carbocycles. The molecule has 0 amide bonds. The van der Waals surface area contributed by atoms with Gasteiger partial charge in [-0.3, -0.25) is 0 Å². The first kappa shape index (κ1) is 12.6. The summed E-state index contributed by atoms with van der Waals surface area (Å²) >= 11 is 0. The molecule has 1 saturated heterocycles. The van der Waals surface area contributed by atoms with Crippen molar-refractivity contribution in [1.82, 2.24) is 0 Å². The second-order valence-corrected chi connectivity index (χ2v) is 5.21. The van der Waals surface area contributed by atoms with E-state index in [-0.39, 0.29) is 5.41 Å². The molecule has 1 aromatic carbocycles. The molecule has 0 unspecified atom stereocenters. The summed E-state index contributed by atoms with van der Waals surface area (Å²) in [6, 6.07) is 10.3. The molecule has 0 aromatic heterocycles. The van der Waals surface area contributed by atoms with Gasteiger partial charge in [0.15, 0.2) is 5.79 Å². The summed E-state index contributed by atoms with van der Waals surface area (Å²) in [4.78, 5) is 0. The van der Waals surface area contributed by atoms with Crippen LogP contribution in [0.1, 0.15) is 39.2 Å². The van der Waals surface area contributed by atoms with E-state index >= 15 is 0 Å². The average Bonchev–Trinajstić information content (AvgIpc) is 2.41. The predicted molar refractivity (Wildman–Crippen MR) is 68.7 cm³/mol. The average molecular weight is 234 g/mol. The van der Waals surface area contributed by atoms with Gasteiger partial charge in [-0.2, -0.15) is 0 Å². The molecule has 17 heavy (non-hydrogen) atoms. The SMILES string of the molecule is CCC1(C)COC(CC)(c2ccccc2)OC1. The number of hydrogen-bond acceptors (Lipinski definition) is 2. The van der Waals surface area contributed by atoms with E-state index in [0.717, 1.165) is 31.6 Å². The third kappa shape index (κ3) is 2.38. The minimum Gasteiger partial charge on any atom is -0.345 e. The third-order valence-electron chi connectivity index (χ3n) is 3.84. The van der Waals surface area contributed by atoms with Gasteiger partial charge in [0.1, 0.15) is 0 Å². The van der Waals surface area contributed by atoms with Gasteiger partial charge in [-0.1, -0.05) is 51.1 Å². The molecule has 94 valence electrons. The maximum atomic E-state index is 6.09. The molecule has 0 N–H and O–H groups in total. The zero-order valence-electron chi connectivity index (χ0n) is 11.0. The lowest BCUT2D eigenvalue weighted by Crippen LogP contribution is -2.46. The maximum Gasteiger partial charge on any atom is 0.194 e. The topological polar surface area (TPSA) is 18.5 Å². The van der Waals surface area contributed by atoms with Crippen molar-refractivity contribution in [1.29, 1.82) is 0 Å². The van der Waals surface area contributed by atoms with Crippen LogP contribution in [0.3, 0.4) is 0 Å². The van der Waals surface area contributed by atoms with Crippen LogP contribution < -0.4 is 0 Å². The Bertz CT molecular complexity index is 350. The monoisotopic (exact) mass is 234 g/mol. The summed E-state index contributed by atoms with van der Waals surface area (Å²) < 4.78 is 12.2. The van der Waals surface area contributed by atoms with Gasteiger partial charge in [-0.05, 0) is 6.42 Å². The second-order valence-electron chi connectivity index (χ2n) is 5.21. The van der Waals surface area contributed by atoms with Crippen LogP contribution in [0.15, 0.2) is 30.3 Å². The van der Waals surface area contributed by atoms with Gasteiger partial charge in [0, 0.05) is 17.4 Å². The fourth-order valence-corrected chi connectivity index (χ4v) is 2.14. The number of rotatable bonds is 3. The Morgan fingerprint density at radius 1 is 1.00 bits per heavy atom. The summed E-state index contributed by atoms with van der Waals surface area (Å²) in [5.41, 5.74) is 1.29. The van der Waals surface area contributed by atoms with Gasteiger partial charge in [0.25, 0.3) is 0 Å². The van der Waals surface area contributed by atoms with Gasteiger partial charge in [0.2, 0.25) is 0 Å². The Morgan fingerprint density at radius 2 is 1.59 bits per heavy atom. The number of ether oxygens (including phenoxy) is 2. The molecule has 2 rings (SSSR count). The van der Waals surface area contributed by atoms with E-state index in [9.17, 15) is 0 Å². The van der Waals surface area contributed by atoms with Crippen molar-refractivity contribution in [2.45, 2.75) is 39.4 Å². The highest BCUT2D eigenvalue weighted by atomic mass is 16.7. The third-order valence-corrected chi connectivity index (χ3v) is 3.84. The smallest absolute Gasteiger partial charge is 0.194 e. The van der Waals surface area contributed by atoms with Gasteiger partial charge in [0.05, 0.1) is 13.2 Å². The molecule has 2 heteroatoms. The number of hydrogen-bond donors (Lipinski definition) is 0.